The normalized spacial score (nSPS) is 10.6. The van der Waals surface area contributed by atoms with Crippen LogP contribution in [-0.4, -0.2) is 37.4 Å². The predicted octanol–water partition coefficient (Wildman–Crippen LogP) is 3.48. The molecule has 0 aliphatic heterocycles. The Morgan fingerprint density at radius 2 is 1.93 bits per heavy atom. The number of hydrazone groups is 1. The molecule has 0 saturated carbocycles. The summed E-state index contributed by atoms with van der Waals surface area (Å²) >= 11 is 0. The Morgan fingerprint density at radius 3 is 2.53 bits per heavy atom. The second-order valence-electron chi connectivity index (χ2n) is 6.22. The van der Waals surface area contributed by atoms with Gasteiger partial charge in [0.15, 0.2) is 5.75 Å². The Morgan fingerprint density at radius 1 is 1.20 bits per heavy atom. The fourth-order valence-corrected chi connectivity index (χ4v) is 2.58. The van der Waals surface area contributed by atoms with Crippen molar-refractivity contribution in [3.8, 4) is 17.2 Å². The van der Waals surface area contributed by atoms with Crippen LogP contribution in [0.15, 0.2) is 41.5 Å². The number of nitro benzene ring substituents is 1. The zero-order valence-corrected chi connectivity index (χ0v) is 17.2. The van der Waals surface area contributed by atoms with Gasteiger partial charge in [-0.3, -0.25) is 14.9 Å². The van der Waals surface area contributed by atoms with Gasteiger partial charge in [-0.25, -0.2) is 5.43 Å². The smallest absolute Gasteiger partial charge is 0.315 e. The van der Waals surface area contributed by atoms with E-state index in [9.17, 15) is 14.9 Å². The Balaban J connectivity index is 2.12. The standard InChI is InChI=1S/C21H25N3O6/c1-4-10-30-21-18(24(26)27)11-16(12-19(21)29-5-2)14-22-23-20(25)13-15-6-8-17(28-3)9-7-15/h6-9,11-12,14H,4-5,10,13H2,1-3H3,(H,23,25)/b22-14-. The molecule has 0 heterocycles. The van der Waals surface area contributed by atoms with E-state index in [0.717, 1.165) is 5.56 Å². The van der Waals surface area contributed by atoms with Gasteiger partial charge in [0.25, 0.3) is 0 Å². The number of hydrogen-bond acceptors (Lipinski definition) is 7. The van der Waals surface area contributed by atoms with Crippen molar-refractivity contribution in [1.29, 1.82) is 0 Å². The number of nitrogens with one attached hydrogen (secondary N) is 1. The van der Waals surface area contributed by atoms with Crippen molar-refractivity contribution in [2.75, 3.05) is 20.3 Å². The van der Waals surface area contributed by atoms with Gasteiger partial charge in [0.05, 0.1) is 37.9 Å². The van der Waals surface area contributed by atoms with Crippen molar-refractivity contribution in [3.05, 3.63) is 57.6 Å². The first-order valence-electron chi connectivity index (χ1n) is 9.51. The predicted molar refractivity (Wildman–Crippen MR) is 112 cm³/mol. The van der Waals surface area contributed by atoms with Crippen LogP contribution in [-0.2, 0) is 11.2 Å². The van der Waals surface area contributed by atoms with Crippen LogP contribution in [0.3, 0.4) is 0 Å². The average Bonchev–Trinajstić information content (AvgIpc) is 2.73. The van der Waals surface area contributed by atoms with E-state index in [0.29, 0.717) is 30.9 Å². The first kappa shape index (κ1) is 22.7. The number of carbonyl (C=O) groups excluding carboxylic acids is 1. The van der Waals surface area contributed by atoms with E-state index in [1.807, 2.05) is 6.92 Å². The maximum absolute atomic E-state index is 12.1. The van der Waals surface area contributed by atoms with Gasteiger partial charge in [-0.2, -0.15) is 5.10 Å². The molecular formula is C21H25N3O6. The first-order chi connectivity index (χ1) is 14.5. The summed E-state index contributed by atoms with van der Waals surface area (Å²) in [4.78, 5) is 23.0. The van der Waals surface area contributed by atoms with Gasteiger partial charge < -0.3 is 14.2 Å². The third-order valence-corrected chi connectivity index (χ3v) is 3.93. The molecule has 0 bridgehead atoms. The molecule has 1 amide bonds. The van der Waals surface area contributed by atoms with E-state index in [1.165, 1.54) is 12.3 Å². The second-order valence-corrected chi connectivity index (χ2v) is 6.22. The van der Waals surface area contributed by atoms with E-state index in [1.54, 1.807) is 44.4 Å². The number of methoxy groups -OCH3 is 1. The van der Waals surface area contributed by atoms with Crippen LogP contribution in [0.5, 0.6) is 17.2 Å². The van der Waals surface area contributed by atoms with Gasteiger partial charge in [-0.05, 0) is 37.1 Å². The molecule has 0 saturated heterocycles. The molecule has 0 aliphatic rings. The van der Waals surface area contributed by atoms with E-state index >= 15 is 0 Å². The van der Waals surface area contributed by atoms with Crippen LogP contribution in [0, 0.1) is 10.1 Å². The highest BCUT2D eigenvalue weighted by molar-refractivity contribution is 5.85. The van der Waals surface area contributed by atoms with Gasteiger partial charge in [0, 0.05) is 11.6 Å². The molecule has 160 valence electrons. The summed E-state index contributed by atoms with van der Waals surface area (Å²) in [5, 5.41) is 15.4. The molecule has 9 heteroatoms. The van der Waals surface area contributed by atoms with Crippen LogP contribution < -0.4 is 19.6 Å². The summed E-state index contributed by atoms with van der Waals surface area (Å²) in [6, 6.07) is 10.0. The fourth-order valence-electron chi connectivity index (χ4n) is 2.58. The summed E-state index contributed by atoms with van der Waals surface area (Å²) in [5.41, 5.74) is 3.40. The van der Waals surface area contributed by atoms with E-state index in [2.05, 4.69) is 10.5 Å². The molecule has 0 aliphatic carbocycles. The summed E-state index contributed by atoms with van der Waals surface area (Å²) in [6.45, 7) is 4.33. The number of rotatable bonds is 11. The molecule has 0 aromatic heterocycles. The summed E-state index contributed by atoms with van der Waals surface area (Å²) in [7, 11) is 1.57. The van der Waals surface area contributed by atoms with Crippen LogP contribution in [0.2, 0.25) is 0 Å². The lowest BCUT2D eigenvalue weighted by molar-refractivity contribution is -0.386. The van der Waals surface area contributed by atoms with Gasteiger partial charge in [-0.1, -0.05) is 19.1 Å². The number of amides is 1. The van der Waals surface area contributed by atoms with Crippen LogP contribution >= 0.6 is 0 Å². The minimum atomic E-state index is -0.535. The Kier molecular flexibility index (Phi) is 8.61. The zero-order valence-electron chi connectivity index (χ0n) is 17.2. The van der Waals surface area contributed by atoms with Gasteiger partial charge in [0.2, 0.25) is 11.7 Å². The fraction of sp³-hybridized carbons (Fsp3) is 0.333. The molecule has 0 radical (unpaired) electrons. The first-order valence-corrected chi connectivity index (χ1v) is 9.51. The minimum absolute atomic E-state index is 0.0874. The average molecular weight is 415 g/mol. The summed E-state index contributed by atoms with van der Waals surface area (Å²) in [6.07, 6.45) is 2.16. The van der Waals surface area contributed by atoms with E-state index < -0.39 is 4.92 Å². The highest BCUT2D eigenvalue weighted by atomic mass is 16.6. The highest BCUT2D eigenvalue weighted by Crippen LogP contribution is 2.38. The Bertz CT molecular complexity index is 896. The molecule has 0 fully saturated rings. The SMILES string of the molecule is CCCOc1c(OCC)cc(/C=N\NC(=O)Cc2ccc(OC)cc2)cc1[N+](=O)[O-]. The number of ether oxygens (including phenoxy) is 3. The quantitative estimate of drug-likeness (QED) is 0.342. The van der Waals surface area contributed by atoms with Crippen molar-refractivity contribution in [2.24, 2.45) is 5.10 Å². The number of nitro groups is 1. The van der Waals surface area contributed by atoms with Crippen molar-refractivity contribution >= 4 is 17.8 Å². The van der Waals surface area contributed by atoms with Crippen LogP contribution in [0.1, 0.15) is 31.4 Å². The molecule has 1 N–H and O–H groups in total. The van der Waals surface area contributed by atoms with Crippen molar-refractivity contribution in [1.82, 2.24) is 5.43 Å². The molecule has 0 atom stereocenters. The topological polar surface area (TPSA) is 112 Å². The van der Waals surface area contributed by atoms with Crippen molar-refractivity contribution < 1.29 is 23.9 Å². The maximum atomic E-state index is 12.1. The van der Waals surface area contributed by atoms with Gasteiger partial charge in [0.1, 0.15) is 5.75 Å². The molecule has 30 heavy (non-hydrogen) atoms. The minimum Gasteiger partial charge on any atom is -0.497 e. The summed E-state index contributed by atoms with van der Waals surface area (Å²) in [5.74, 6) is 0.727. The lowest BCUT2D eigenvalue weighted by atomic mass is 10.1. The highest BCUT2D eigenvalue weighted by Gasteiger charge is 2.22. The Hall–Kier alpha value is -3.62. The van der Waals surface area contributed by atoms with Crippen molar-refractivity contribution in [3.63, 3.8) is 0 Å². The molecular weight excluding hydrogens is 390 g/mol. The van der Waals surface area contributed by atoms with E-state index in [-0.39, 0.29) is 29.5 Å². The largest absolute Gasteiger partial charge is 0.497 e. The molecule has 2 rings (SSSR count). The lowest BCUT2D eigenvalue weighted by Crippen LogP contribution is -2.19. The number of carbonyl (C=O) groups is 1. The lowest BCUT2D eigenvalue weighted by Gasteiger charge is -2.12. The third kappa shape index (κ3) is 6.47. The Labute approximate surface area is 174 Å². The molecule has 9 nitrogen and oxygen atoms in total. The summed E-state index contributed by atoms with van der Waals surface area (Å²) < 4.78 is 16.1. The molecule has 0 spiro atoms. The van der Waals surface area contributed by atoms with Crippen LogP contribution in [0.4, 0.5) is 5.69 Å². The third-order valence-electron chi connectivity index (χ3n) is 3.93. The second kappa shape index (κ2) is 11.4. The number of nitrogens with zero attached hydrogens (tertiary/aromatic N) is 2. The van der Waals surface area contributed by atoms with Crippen LogP contribution in [0.25, 0.3) is 0 Å². The monoisotopic (exact) mass is 415 g/mol. The van der Waals surface area contributed by atoms with Crippen molar-refractivity contribution in [2.45, 2.75) is 26.7 Å². The molecule has 2 aromatic carbocycles. The zero-order chi connectivity index (χ0) is 21.9. The number of benzene rings is 2. The molecule has 0 unspecified atom stereocenters. The van der Waals surface area contributed by atoms with E-state index in [4.69, 9.17) is 14.2 Å². The maximum Gasteiger partial charge on any atom is 0.315 e. The number of hydrogen-bond donors (Lipinski definition) is 1. The van der Waals surface area contributed by atoms with Gasteiger partial charge in [-0.15, -0.1) is 0 Å². The van der Waals surface area contributed by atoms with Gasteiger partial charge >= 0.3 is 5.69 Å². The molecule has 2 aromatic rings.